The third-order valence-corrected chi connectivity index (χ3v) is 4.84. The number of benzene rings is 1. The molecule has 1 fully saturated rings. The third kappa shape index (κ3) is 1.94. The summed E-state index contributed by atoms with van der Waals surface area (Å²) < 4.78 is 11.2. The number of hydrogen-bond donors (Lipinski definition) is 0. The fourth-order valence-electron chi connectivity index (χ4n) is 3.58. The van der Waals surface area contributed by atoms with E-state index in [2.05, 4.69) is 0 Å². The highest BCUT2D eigenvalue weighted by molar-refractivity contribution is 6.08. The molecule has 2 aliphatic heterocycles. The van der Waals surface area contributed by atoms with E-state index >= 15 is 0 Å². The molecule has 0 aliphatic carbocycles. The van der Waals surface area contributed by atoms with Crippen LogP contribution >= 0.6 is 0 Å². The van der Waals surface area contributed by atoms with Crippen molar-refractivity contribution in [1.29, 1.82) is 0 Å². The number of carbonyl (C=O) groups excluding carboxylic acids is 2. The van der Waals surface area contributed by atoms with Crippen molar-refractivity contribution in [3.8, 4) is 0 Å². The molecule has 0 N–H and O–H groups in total. The number of hydrogen-bond acceptors (Lipinski definition) is 4. The smallest absolute Gasteiger partial charge is 0.312 e. The molecule has 2 bridgehead atoms. The van der Waals surface area contributed by atoms with Crippen LogP contribution < -0.4 is 0 Å². The van der Waals surface area contributed by atoms with E-state index in [4.69, 9.17) is 9.47 Å². The highest BCUT2D eigenvalue weighted by atomic mass is 16.6. The zero-order valence-electron chi connectivity index (χ0n) is 13.1. The van der Waals surface area contributed by atoms with E-state index in [0.29, 0.717) is 18.6 Å². The maximum absolute atomic E-state index is 13.1. The Morgan fingerprint density at radius 1 is 1.27 bits per heavy atom. The van der Waals surface area contributed by atoms with Crippen molar-refractivity contribution in [2.75, 3.05) is 6.61 Å². The molecule has 1 aromatic rings. The normalized spacial score (nSPS) is 29.8. The second-order valence-corrected chi connectivity index (χ2v) is 5.89. The minimum absolute atomic E-state index is 0.150. The summed E-state index contributed by atoms with van der Waals surface area (Å²) in [7, 11) is 0. The van der Waals surface area contributed by atoms with Gasteiger partial charge in [-0.05, 0) is 38.3 Å². The minimum atomic E-state index is -1.19. The number of ketones is 1. The van der Waals surface area contributed by atoms with Gasteiger partial charge in [0.25, 0.3) is 0 Å². The van der Waals surface area contributed by atoms with E-state index in [9.17, 15) is 9.59 Å². The first kappa shape index (κ1) is 15.0. The van der Waals surface area contributed by atoms with E-state index in [-0.39, 0.29) is 17.9 Å². The van der Waals surface area contributed by atoms with Gasteiger partial charge in [-0.1, -0.05) is 30.3 Å². The van der Waals surface area contributed by atoms with Gasteiger partial charge in [0, 0.05) is 5.56 Å². The molecule has 4 heteroatoms. The van der Waals surface area contributed by atoms with Gasteiger partial charge in [0.05, 0.1) is 12.7 Å². The molecule has 22 heavy (non-hydrogen) atoms. The predicted octanol–water partition coefficient (Wildman–Crippen LogP) is 2.93. The summed E-state index contributed by atoms with van der Waals surface area (Å²) >= 11 is 0. The summed E-state index contributed by atoms with van der Waals surface area (Å²) in [6, 6.07) is 9.01. The van der Waals surface area contributed by atoms with E-state index in [1.54, 1.807) is 19.1 Å². The Kier molecular flexibility index (Phi) is 3.65. The van der Waals surface area contributed by atoms with Gasteiger partial charge in [-0.15, -0.1) is 0 Å². The van der Waals surface area contributed by atoms with Gasteiger partial charge in [0.1, 0.15) is 5.92 Å². The molecule has 0 aromatic heterocycles. The average Bonchev–Trinajstić information content (AvgIpc) is 3.05. The van der Waals surface area contributed by atoms with Crippen LogP contribution in [-0.4, -0.2) is 30.1 Å². The molecule has 3 unspecified atom stereocenters. The molecule has 1 saturated heterocycles. The second kappa shape index (κ2) is 5.36. The quantitative estimate of drug-likeness (QED) is 0.487. The molecule has 0 radical (unpaired) electrons. The summed E-state index contributed by atoms with van der Waals surface area (Å²) in [4.78, 5) is 25.5. The molecule has 0 saturated carbocycles. The van der Waals surface area contributed by atoms with E-state index in [0.717, 1.165) is 11.1 Å². The molecular formula is C18H20O4. The Morgan fingerprint density at radius 2 is 1.95 bits per heavy atom. The van der Waals surface area contributed by atoms with Crippen molar-refractivity contribution in [2.24, 2.45) is 5.92 Å². The predicted molar refractivity (Wildman–Crippen MR) is 81.5 cm³/mol. The monoisotopic (exact) mass is 300 g/mol. The summed E-state index contributed by atoms with van der Waals surface area (Å²) in [5, 5.41) is 0. The SMILES string of the molecule is CCOC(=O)C1CC2OC1(C(=O)c1ccccc1)C(C)=C2C. The van der Waals surface area contributed by atoms with Crippen LogP contribution in [0.1, 0.15) is 37.6 Å². The number of fused-ring (bicyclic) bond motifs is 2. The van der Waals surface area contributed by atoms with Crippen LogP contribution in [0.3, 0.4) is 0 Å². The summed E-state index contributed by atoms with van der Waals surface area (Å²) in [6.45, 7) is 5.94. The van der Waals surface area contributed by atoms with Crippen LogP contribution in [0.15, 0.2) is 41.5 Å². The average molecular weight is 300 g/mol. The van der Waals surface area contributed by atoms with Crippen molar-refractivity contribution in [2.45, 2.75) is 38.9 Å². The second-order valence-electron chi connectivity index (χ2n) is 5.89. The van der Waals surface area contributed by atoms with Gasteiger partial charge in [0.15, 0.2) is 11.4 Å². The van der Waals surface area contributed by atoms with Crippen molar-refractivity contribution in [3.63, 3.8) is 0 Å². The largest absolute Gasteiger partial charge is 0.466 e. The fraction of sp³-hybridized carbons (Fsp3) is 0.444. The fourth-order valence-corrected chi connectivity index (χ4v) is 3.58. The molecule has 1 aromatic carbocycles. The number of esters is 1. The van der Waals surface area contributed by atoms with Crippen molar-refractivity contribution in [1.82, 2.24) is 0 Å². The minimum Gasteiger partial charge on any atom is -0.466 e. The summed E-state index contributed by atoms with van der Waals surface area (Å²) in [5.74, 6) is -1.06. The van der Waals surface area contributed by atoms with Crippen molar-refractivity contribution in [3.05, 3.63) is 47.0 Å². The van der Waals surface area contributed by atoms with Crippen LogP contribution in [0.2, 0.25) is 0 Å². The highest BCUT2D eigenvalue weighted by Crippen LogP contribution is 2.52. The van der Waals surface area contributed by atoms with Gasteiger partial charge in [-0.2, -0.15) is 0 Å². The molecule has 3 atom stereocenters. The number of Topliss-reactive ketones (excluding diaryl/α,β-unsaturated/α-hetero) is 1. The van der Waals surface area contributed by atoms with E-state index in [1.807, 2.05) is 32.0 Å². The lowest BCUT2D eigenvalue weighted by Gasteiger charge is -2.31. The summed E-state index contributed by atoms with van der Waals surface area (Å²) in [6.07, 6.45) is 0.350. The number of carbonyl (C=O) groups is 2. The Bertz CT molecular complexity index is 646. The van der Waals surface area contributed by atoms with Gasteiger partial charge in [-0.3, -0.25) is 9.59 Å². The molecule has 116 valence electrons. The molecule has 4 nitrogen and oxygen atoms in total. The number of rotatable bonds is 4. The standard InChI is InChI=1S/C18H20O4/c1-4-21-17(20)14-10-15-11(2)12(3)18(14,22-15)16(19)13-8-6-5-7-9-13/h5-9,14-15H,4,10H2,1-3H3. The Labute approximate surface area is 130 Å². The third-order valence-electron chi connectivity index (χ3n) is 4.84. The molecular weight excluding hydrogens is 280 g/mol. The zero-order chi connectivity index (χ0) is 15.9. The first-order chi connectivity index (χ1) is 10.5. The molecule has 3 rings (SSSR count). The lowest BCUT2D eigenvalue weighted by Crippen LogP contribution is -2.48. The van der Waals surface area contributed by atoms with Crippen LogP contribution in [0.4, 0.5) is 0 Å². The molecule has 2 aliphatic rings. The Hall–Kier alpha value is -1.94. The molecule has 0 amide bonds. The highest BCUT2D eigenvalue weighted by Gasteiger charge is 2.63. The van der Waals surface area contributed by atoms with E-state index < -0.39 is 11.5 Å². The van der Waals surface area contributed by atoms with Gasteiger partial charge < -0.3 is 9.47 Å². The van der Waals surface area contributed by atoms with E-state index in [1.165, 1.54) is 0 Å². The maximum atomic E-state index is 13.1. The number of ether oxygens (including phenoxy) is 2. The van der Waals surface area contributed by atoms with Crippen LogP contribution in [0.25, 0.3) is 0 Å². The topological polar surface area (TPSA) is 52.6 Å². The summed E-state index contributed by atoms with van der Waals surface area (Å²) in [5.41, 5.74) is 1.29. The van der Waals surface area contributed by atoms with Gasteiger partial charge >= 0.3 is 5.97 Å². The first-order valence-corrected chi connectivity index (χ1v) is 7.64. The molecule has 0 spiro atoms. The lowest BCUT2D eigenvalue weighted by molar-refractivity contribution is -0.151. The van der Waals surface area contributed by atoms with Gasteiger partial charge in [-0.25, -0.2) is 0 Å². The first-order valence-electron chi connectivity index (χ1n) is 7.64. The van der Waals surface area contributed by atoms with Crippen LogP contribution in [0, 0.1) is 5.92 Å². The van der Waals surface area contributed by atoms with Gasteiger partial charge in [0.2, 0.25) is 0 Å². The zero-order valence-corrected chi connectivity index (χ0v) is 13.1. The van der Waals surface area contributed by atoms with Crippen LogP contribution in [-0.2, 0) is 14.3 Å². The van der Waals surface area contributed by atoms with Crippen molar-refractivity contribution >= 4 is 11.8 Å². The van der Waals surface area contributed by atoms with Crippen molar-refractivity contribution < 1.29 is 19.1 Å². The maximum Gasteiger partial charge on any atom is 0.312 e. The van der Waals surface area contributed by atoms with Crippen LogP contribution in [0.5, 0.6) is 0 Å². The molecule has 2 heterocycles. The Morgan fingerprint density at radius 3 is 2.55 bits per heavy atom. The lowest BCUT2D eigenvalue weighted by atomic mass is 9.71. The Balaban J connectivity index is 2.06.